The van der Waals surface area contributed by atoms with Crippen molar-refractivity contribution in [1.29, 1.82) is 0 Å². The van der Waals surface area contributed by atoms with Gasteiger partial charge in [-0.15, -0.1) is 0 Å². The lowest BCUT2D eigenvalue weighted by molar-refractivity contribution is -0.137. The van der Waals surface area contributed by atoms with Crippen LogP contribution in [0.15, 0.2) is 59.7 Å². The average molecular weight is 421 g/mol. The lowest BCUT2D eigenvalue weighted by atomic mass is 9.96. The molecule has 2 heterocycles. The number of rotatable bonds is 5. The number of pyridine rings is 1. The van der Waals surface area contributed by atoms with Gasteiger partial charge < -0.3 is 5.32 Å². The molecule has 1 aromatic carbocycles. The van der Waals surface area contributed by atoms with Crippen LogP contribution in [-0.4, -0.2) is 21.3 Å². The molecule has 5 nitrogen and oxygen atoms in total. The Morgan fingerprint density at radius 2 is 1.83 bits per heavy atom. The van der Waals surface area contributed by atoms with Crippen LogP contribution in [0.4, 0.5) is 18.9 Å². The molecule has 0 amide bonds. The molecule has 9 heteroatoms. The molecule has 3 aromatic rings. The molecule has 1 fully saturated rings. The molecular formula is C20H16ClF3N4O. The van der Waals surface area contributed by atoms with Crippen LogP contribution >= 0.6 is 11.6 Å². The second kappa shape index (κ2) is 7.18. The summed E-state index contributed by atoms with van der Waals surface area (Å²) < 4.78 is 38.9. The molecule has 150 valence electrons. The average Bonchev–Trinajstić information content (AvgIpc) is 3.50. The maximum atomic E-state index is 12.7. The fourth-order valence-electron chi connectivity index (χ4n) is 3.17. The second-order valence-electron chi connectivity index (χ2n) is 6.99. The van der Waals surface area contributed by atoms with Crippen LogP contribution in [0.5, 0.6) is 0 Å². The zero-order valence-electron chi connectivity index (χ0n) is 15.1. The minimum absolute atomic E-state index is 0.00837. The standard InChI is InChI=1S/C20H16ClF3N4O/c21-17-15(26-12-19(8-9-19)13-4-2-1-3-5-13)11-27-28(18(17)29)16-7-6-14(10-25-16)20(22,23)24/h1-7,10-11,26H,8-9,12H2. The summed E-state index contributed by atoms with van der Waals surface area (Å²) in [7, 11) is 0. The largest absolute Gasteiger partial charge is 0.417 e. The summed E-state index contributed by atoms with van der Waals surface area (Å²) in [5.74, 6) is -0.0422. The van der Waals surface area contributed by atoms with E-state index in [2.05, 4.69) is 27.5 Å². The highest BCUT2D eigenvalue weighted by Gasteiger charge is 2.44. The molecule has 2 aromatic heterocycles. The van der Waals surface area contributed by atoms with Gasteiger partial charge in [-0.1, -0.05) is 41.9 Å². The number of nitrogens with one attached hydrogen (secondary N) is 1. The van der Waals surface area contributed by atoms with Crippen molar-refractivity contribution >= 4 is 17.3 Å². The van der Waals surface area contributed by atoms with Gasteiger partial charge in [0.2, 0.25) is 0 Å². The van der Waals surface area contributed by atoms with Crippen LogP contribution in [0.25, 0.3) is 5.82 Å². The summed E-state index contributed by atoms with van der Waals surface area (Å²) >= 11 is 6.20. The van der Waals surface area contributed by atoms with Crippen LogP contribution in [0, 0.1) is 0 Å². The van der Waals surface area contributed by atoms with E-state index in [0.717, 1.165) is 29.7 Å². The zero-order chi connectivity index (χ0) is 20.6. The van der Waals surface area contributed by atoms with Crippen molar-refractivity contribution in [2.75, 3.05) is 11.9 Å². The Kier molecular flexibility index (Phi) is 4.82. The van der Waals surface area contributed by atoms with E-state index in [1.165, 1.54) is 11.8 Å². The van der Waals surface area contributed by atoms with Gasteiger partial charge in [0.15, 0.2) is 5.82 Å². The maximum absolute atomic E-state index is 12.7. The smallest absolute Gasteiger partial charge is 0.381 e. The van der Waals surface area contributed by atoms with E-state index >= 15 is 0 Å². The normalized spacial score (nSPS) is 15.2. The van der Waals surface area contributed by atoms with E-state index in [-0.39, 0.29) is 16.3 Å². The summed E-state index contributed by atoms with van der Waals surface area (Å²) in [6, 6.07) is 12.0. The van der Waals surface area contributed by atoms with Crippen LogP contribution in [0.2, 0.25) is 5.02 Å². The predicted octanol–water partition coefficient (Wildman–Crippen LogP) is 4.44. The summed E-state index contributed by atoms with van der Waals surface area (Å²) in [5.41, 5.74) is 0.0396. The van der Waals surface area contributed by atoms with E-state index in [1.807, 2.05) is 18.2 Å². The van der Waals surface area contributed by atoms with Gasteiger partial charge in [-0.05, 0) is 30.5 Å². The quantitative estimate of drug-likeness (QED) is 0.662. The van der Waals surface area contributed by atoms with E-state index < -0.39 is 17.3 Å². The summed E-state index contributed by atoms with van der Waals surface area (Å²) in [6.07, 6.45) is -0.416. The molecule has 1 aliphatic carbocycles. The van der Waals surface area contributed by atoms with Gasteiger partial charge >= 0.3 is 6.18 Å². The number of nitrogens with zero attached hydrogens (tertiary/aromatic N) is 3. The van der Waals surface area contributed by atoms with Gasteiger partial charge in [0.1, 0.15) is 5.02 Å². The first-order valence-corrected chi connectivity index (χ1v) is 9.29. The minimum atomic E-state index is -4.51. The highest BCUT2D eigenvalue weighted by molar-refractivity contribution is 6.32. The van der Waals surface area contributed by atoms with E-state index in [4.69, 9.17) is 11.6 Å². The maximum Gasteiger partial charge on any atom is 0.417 e. The van der Waals surface area contributed by atoms with E-state index in [9.17, 15) is 18.0 Å². The number of anilines is 1. The molecule has 0 radical (unpaired) electrons. The molecule has 1 N–H and O–H groups in total. The summed E-state index contributed by atoms with van der Waals surface area (Å²) in [5, 5.41) is 7.10. The van der Waals surface area contributed by atoms with Gasteiger partial charge in [0.25, 0.3) is 5.56 Å². The SMILES string of the molecule is O=c1c(Cl)c(NCC2(c3ccccc3)CC2)cnn1-c1ccc(C(F)(F)F)cn1. The van der Waals surface area contributed by atoms with Gasteiger partial charge in [0.05, 0.1) is 17.4 Å². The lowest BCUT2D eigenvalue weighted by Gasteiger charge is -2.18. The molecular weight excluding hydrogens is 405 g/mol. The first-order valence-electron chi connectivity index (χ1n) is 8.91. The fraction of sp³-hybridized carbons (Fsp3) is 0.250. The highest BCUT2D eigenvalue weighted by atomic mass is 35.5. The van der Waals surface area contributed by atoms with Crippen LogP contribution in [0.1, 0.15) is 24.0 Å². The van der Waals surface area contributed by atoms with Gasteiger partial charge in [-0.2, -0.15) is 23.0 Å². The Morgan fingerprint density at radius 3 is 2.41 bits per heavy atom. The van der Waals surface area contributed by atoms with Crippen molar-refractivity contribution < 1.29 is 13.2 Å². The number of halogens is 4. The van der Waals surface area contributed by atoms with Crippen molar-refractivity contribution in [3.63, 3.8) is 0 Å². The van der Waals surface area contributed by atoms with Crippen molar-refractivity contribution in [2.24, 2.45) is 0 Å². The Morgan fingerprint density at radius 1 is 1.10 bits per heavy atom. The molecule has 1 aliphatic rings. The minimum Gasteiger partial charge on any atom is -0.381 e. The molecule has 0 saturated heterocycles. The Balaban J connectivity index is 1.54. The van der Waals surface area contributed by atoms with Crippen molar-refractivity contribution in [3.8, 4) is 5.82 Å². The Bertz CT molecular complexity index is 1080. The van der Waals surface area contributed by atoms with Crippen molar-refractivity contribution in [2.45, 2.75) is 24.4 Å². The highest BCUT2D eigenvalue weighted by Crippen LogP contribution is 2.48. The number of hydrogen-bond donors (Lipinski definition) is 1. The molecule has 0 atom stereocenters. The van der Waals surface area contributed by atoms with Crippen LogP contribution in [-0.2, 0) is 11.6 Å². The molecule has 4 rings (SSSR count). The number of alkyl halides is 3. The third-order valence-corrected chi connectivity index (χ3v) is 5.43. The van der Waals surface area contributed by atoms with E-state index in [0.29, 0.717) is 18.4 Å². The molecule has 29 heavy (non-hydrogen) atoms. The lowest BCUT2D eigenvalue weighted by Crippen LogP contribution is -2.26. The fourth-order valence-corrected chi connectivity index (χ4v) is 3.37. The summed E-state index contributed by atoms with van der Waals surface area (Å²) in [6.45, 7) is 0.598. The number of benzene rings is 1. The topological polar surface area (TPSA) is 59.8 Å². The second-order valence-corrected chi connectivity index (χ2v) is 7.37. The first-order chi connectivity index (χ1) is 13.8. The molecule has 0 spiro atoms. The van der Waals surface area contributed by atoms with Crippen molar-refractivity contribution in [3.05, 3.63) is 81.4 Å². The van der Waals surface area contributed by atoms with Gasteiger partial charge in [-0.25, -0.2) is 4.98 Å². The van der Waals surface area contributed by atoms with Gasteiger partial charge in [-0.3, -0.25) is 4.79 Å². The number of hydrogen-bond acceptors (Lipinski definition) is 4. The third kappa shape index (κ3) is 3.85. The molecule has 0 unspecified atom stereocenters. The van der Waals surface area contributed by atoms with E-state index in [1.54, 1.807) is 0 Å². The monoisotopic (exact) mass is 420 g/mol. The predicted molar refractivity (Wildman–Crippen MR) is 103 cm³/mol. The zero-order valence-corrected chi connectivity index (χ0v) is 15.8. The third-order valence-electron chi connectivity index (χ3n) is 5.07. The Hall–Kier alpha value is -2.87. The molecule has 0 bridgehead atoms. The van der Waals surface area contributed by atoms with Crippen molar-refractivity contribution in [1.82, 2.24) is 14.8 Å². The number of aromatic nitrogens is 3. The van der Waals surface area contributed by atoms with Gasteiger partial charge in [0, 0.05) is 18.2 Å². The van der Waals surface area contributed by atoms with Crippen LogP contribution in [0.3, 0.4) is 0 Å². The Labute approximate surface area is 169 Å². The first kappa shape index (κ1) is 19.4. The molecule has 1 saturated carbocycles. The summed E-state index contributed by atoms with van der Waals surface area (Å²) in [4.78, 5) is 16.2. The molecule has 0 aliphatic heterocycles. The van der Waals surface area contributed by atoms with Crippen LogP contribution < -0.4 is 10.9 Å².